The molecule has 1 atom stereocenters. The lowest BCUT2D eigenvalue weighted by atomic mass is 10.1. The average molecular weight is 251 g/mol. The van der Waals surface area contributed by atoms with Gasteiger partial charge in [-0.25, -0.2) is 0 Å². The molecular formula is C16H17N3. The van der Waals surface area contributed by atoms with E-state index < -0.39 is 0 Å². The Labute approximate surface area is 113 Å². The van der Waals surface area contributed by atoms with Gasteiger partial charge < -0.3 is 9.80 Å². The van der Waals surface area contributed by atoms with Crippen LogP contribution in [0.15, 0.2) is 42.5 Å². The van der Waals surface area contributed by atoms with Crippen molar-refractivity contribution in [1.82, 2.24) is 0 Å². The van der Waals surface area contributed by atoms with Crippen molar-refractivity contribution in [2.24, 2.45) is 0 Å². The van der Waals surface area contributed by atoms with Crippen LogP contribution < -0.4 is 14.7 Å². The minimum Gasteiger partial charge on any atom is -0.335 e. The molecule has 0 amide bonds. The van der Waals surface area contributed by atoms with E-state index in [9.17, 15) is 0 Å². The van der Waals surface area contributed by atoms with Gasteiger partial charge in [0.05, 0.1) is 22.7 Å². The van der Waals surface area contributed by atoms with E-state index in [0.717, 1.165) is 0 Å². The van der Waals surface area contributed by atoms with Gasteiger partial charge >= 0.3 is 0 Å². The average Bonchev–Trinajstić information content (AvgIpc) is 2.86. The Morgan fingerprint density at radius 3 is 2.16 bits per heavy atom. The second-order valence-corrected chi connectivity index (χ2v) is 5.42. The van der Waals surface area contributed by atoms with E-state index in [1.54, 1.807) is 0 Å². The minimum absolute atomic E-state index is 0.259. The molecule has 0 saturated carbocycles. The summed E-state index contributed by atoms with van der Waals surface area (Å²) in [5.74, 6) is 0. The molecule has 96 valence electrons. The first-order chi connectivity index (χ1) is 9.18. The van der Waals surface area contributed by atoms with Gasteiger partial charge in [-0.1, -0.05) is 18.2 Å². The second-order valence-electron chi connectivity index (χ2n) is 5.42. The fourth-order valence-electron chi connectivity index (χ4n) is 3.32. The maximum atomic E-state index is 2.43. The molecule has 4 rings (SSSR count). The first-order valence-corrected chi connectivity index (χ1v) is 6.63. The van der Waals surface area contributed by atoms with E-state index >= 15 is 0 Å². The summed E-state index contributed by atoms with van der Waals surface area (Å²) in [4.78, 5) is 7.11. The molecule has 19 heavy (non-hydrogen) atoms. The smallest absolute Gasteiger partial charge is 0.185 e. The number of para-hydroxylation sites is 2. The molecule has 0 bridgehead atoms. The predicted octanol–water partition coefficient (Wildman–Crippen LogP) is 3.32. The zero-order chi connectivity index (χ0) is 13.1. The van der Waals surface area contributed by atoms with Crippen molar-refractivity contribution < 1.29 is 0 Å². The van der Waals surface area contributed by atoms with E-state index in [2.05, 4.69) is 78.2 Å². The summed E-state index contributed by atoms with van der Waals surface area (Å²) in [5.41, 5.74) is 6.51. The van der Waals surface area contributed by atoms with Crippen molar-refractivity contribution in [3.8, 4) is 0 Å². The number of hydrogen-bond acceptors (Lipinski definition) is 3. The third-order valence-electron chi connectivity index (χ3n) is 4.22. The highest BCUT2D eigenvalue weighted by atomic mass is 15.6. The molecule has 2 aromatic carbocycles. The summed E-state index contributed by atoms with van der Waals surface area (Å²) in [6.07, 6.45) is 0.259. The highest BCUT2D eigenvalue weighted by Crippen LogP contribution is 2.52. The third-order valence-corrected chi connectivity index (χ3v) is 4.22. The number of hydrogen-bond donors (Lipinski definition) is 0. The summed E-state index contributed by atoms with van der Waals surface area (Å²) in [6.45, 7) is 2.15. The number of rotatable bonds is 0. The summed E-state index contributed by atoms with van der Waals surface area (Å²) in [7, 11) is 4.33. The van der Waals surface area contributed by atoms with E-state index in [0.29, 0.717) is 0 Å². The van der Waals surface area contributed by atoms with Crippen LogP contribution in [0.3, 0.4) is 0 Å². The lowest BCUT2D eigenvalue weighted by molar-refractivity contribution is 0.685. The first-order valence-electron chi connectivity index (χ1n) is 6.63. The Bertz CT molecular complexity index is 665. The molecule has 3 nitrogen and oxygen atoms in total. The minimum atomic E-state index is 0.259. The summed E-state index contributed by atoms with van der Waals surface area (Å²) in [6, 6.07) is 15.3. The van der Waals surface area contributed by atoms with Crippen LogP contribution in [0, 0.1) is 6.92 Å². The van der Waals surface area contributed by atoms with Gasteiger partial charge in [-0.15, -0.1) is 0 Å². The van der Waals surface area contributed by atoms with E-state index in [1.807, 2.05) is 0 Å². The van der Waals surface area contributed by atoms with Crippen LogP contribution in [0.2, 0.25) is 0 Å². The molecule has 3 heteroatoms. The second kappa shape index (κ2) is 3.44. The summed E-state index contributed by atoms with van der Waals surface area (Å²) in [5, 5.41) is 0. The van der Waals surface area contributed by atoms with E-state index in [-0.39, 0.29) is 6.29 Å². The van der Waals surface area contributed by atoms with Gasteiger partial charge in [0, 0.05) is 14.1 Å². The fraction of sp³-hybridized carbons (Fsp3) is 0.250. The van der Waals surface area contributed by atoms with Gasteiger partial charge in [0.15, 0.2) is 6.29 Å². The third kappa shape index (κ3) is 1.22. The predicted molar refractivity (Wildman–Crippen MR) is 80.4 cm³/mol. The zero-order valence-electron chi connectivity index (χ0n) is 11.5. The van der Waals surface area contributed by atoms with Crippen molar-refractivity contribution in [3.63, 3.8) is 0 Å². The van der Waals surface area contributed by atoms with Gasteiger partial charge in [0.2, 0.25) is 0 Å². The van der Waals surface area contributed by atoms with Crippen LogP contribution in [0.25, 0.3) is 0 Å². The Balaban J connectivity index is 1.98. The van der Waals surface area contributed by atoms with Gasteiger partial charge in [0.1, 0.15) is 0 Å². The maximum absolute atomic E-state index is 2.43. The quantitative estimate of drug-likeness (QED) is 0.711. The lowest BCUT2D eigenvalue weighted by Crippen LogP contribution is -2.46. The number of anilines is 4. The fourth-order valence-corrected chi connectivity index (χ4v) is 3.32. The van der Waals surface area contributed by atoms with Crippen molar-refractivity contribution >= 4 is 22.7 Å². The molecule has 0 fully saturated rings. The molecule has 2 aliphatic heterocycles. The molecule has 2 aromatic rings. The molecule has 1 unspecified atom stereocenters. The number of nitrogens with zero attached hydrogens (tertiary/aromatic N) is 3. The van der Waals surface area contributed by atoms with Crippen LogP contribution in [-0.4, -0.2) is 20.4 Å². The van der Waals surface area contributed by atoms with Gasteiger partial charge in [-0.05, 0) is 36.8 Å². The molecule has 2 heterocycles. The Kier molecular flexibility index (Phi) is 1.94. The maximum Gasteiger partial charge on any atom is 0.185 e. The van der Waals surface area contributed by atoms with Crippen LogP contribution in [0.5, 0.6) is 0 Å². The number of aryl methyl sites for hydroxylation is 1. The molecular weight excluding hydrogens is 234 g/mol. The molecule has 0 aromatic heterocycles. The van der Waals surface area contributed by atoms with Gasteiger partial charge in [-0.2, -0.15) is 0 Å². The van der Waals surface area contributed by atoms with E-state index in [4.69, 9.17) is 0 Å². The topological polar surface area (TPSA) is 9.72 Å². The zero-order valence-corrected chi connectivity index (χ0v) is 11.5. The Hall–Kier alpha value is -2.16. The van der Waals surface area contributed by atoms with Crippen molar-refractivity contribution in [1.29, 1.82) is 0 Å². The molecule has 2 aliphatic rings. The molecule has 0 saturated heterocycles. The molecule has 0 radical (unpaired) electrons. The van der Waals surface area contributed by atoms with Crippen molar-refractivity contribution in [2.45, 2.75) is 13.2 Å². The van der Waals surface area contributed by atoms with Crippen LogP contribution in [0.1, 0.15) is 5.56 Å². The van der Waals surface area contributed by atoms with Gasteiger partial charge in [-0.3, -0.25) is 4.90 Å². The van der Waals surface area contributed by atoms with Gasteiger partial charge in [0.25, 0.3) is 0 Å². The Morgan fingerprint density at radius 2 is 1.42 bits per heavy atom. The highest BCUT2D eigenvalue weighted by Gasteiger charge is 2.43. The van der Waals surface area contributed by atoms with Crippen molar-refractivity contribution in [3.05, 3.63) is 48.0 Å². The van der Waals surface area contributed by atoms with E-state index in [1.165, 1.54) is 28.3 Å². The van der Waals surface area contributed by atoms with Crippen LogP contribution >= 0.6 is 0 Å². The monoisotopic (exact) mass is 251 g/mol. The normalized spacial score (nSPS) is 19.5. The van der Waals surface area contributed by atoms with Crippen LogP contribution in [-0.2, 0) is 0 Å². The highest BCUT2D eigenvalue weighted by molar-refractivity contribution is 5.93. The first kappa shape index (κ1) is 10.7. The standard InChI is InChI=1S/C16H17N3/c1-11-8-9-13-15(10-11)19-14-7-5-4-6-12(14)17(2)16(19)18(13)3/h4-10,16H,1-3H3. The largest absolute Gasteiger partial charge is 0.335 e. The Morgan fingerprint density at radius 1 is 0.789 bits per heavy atom. The molecule has 0 spiro atoms. The molecule has 0 aliphatic carbocycles. The summed E-state index contributed by atoms with van der Waals surface area (Å²) >= 11 is 0. The van der Waals surface area contributed by atoms with Crippen molar-refractivity contribution in [2.75, 3.05) is 28.8 Å². The molecule has 0 N–H and O–H groups in total. The van der Waals surface area contributed by atoms with Crippen LogP contribution in [0.4, 0.5) is 22.7 Å². The summed E-state index contributed by atoms with van der Waals surface area (Å²) < 4.78 is 0. The SMILES string of the molecule is Cc1ccc2c(c1)N1c3ccccc3N(C)C1N2C. The number of benzene rings is 2. The lowest BCUT2D eigenvalue weighted by Gasteiger charge is -2.29. The number of fused-ring (bicyclic) bond motifs is 5.